The maximum absolute atomic E-state index is 14.7. The van der Waals surface area contributed by atoms with Crippen molar-refractivity contribution in [2.75, 3.05) is 13.2 Å². The predicted molar refractivity (Wildman–Crippen MR) is 119 cm³/mol. The number of unbranched alkanes of at least 4 members (excludes halogenated alkanes) is 3. The molecule has 1 aliphatic rings. The second-order valence-corrected chi connectivity index (χ2v) is 7.69. The van der Waals surface area contributed by atoms with E-state index in [0.29, 0.717) is 17.8 Å². The molecule has 0 heterocycles. The van der Waals surface area contributed by atoms with Crippen LogP contribution in [0.2, 0.25) is 0 Å². The van der Waals surface area contributed by atoms with Crippen LogP contribution in [0.15, 0.2) is 36.4 Å². The highest BCUT2D eigenvalue weighted by Crippen LogP contribution is 2.36. The Morgan fingerprint density at radius 3 is 1.66 bits per heavy atom. The van der Waals surface area contributed by atoms with Crippen LogP contribution < -0.4 is 9.47 Å². The van der Waals surface area contributed by atoms with E-state index in [1.807, 2.05) is 0 Å². The molecule has 1 aliphatic carbocycles. The number of halogens is 4. The molecule has 2 aromatic rings. The molecule has 32 heavy (non-hydrogen) atoms. The van der Waals surface area contributed by atoms with Crippen LogP contribution in [0.4, 0.5) is 17.6 Å². The predicted octanol–water partition coefficient (Wildman–Crippen LogP) is 7.86. The summed E-state index contributed by atoms with van der Waals surface area (Å²) in [6.07, 6.45) is 7.92. The average Bonchev–Trinajstić information content (AvgIpc) is 2.80. The van der Waals surface area contributed by atoms with E-state index in [9.17, 15) is 17.6 Å². The van der Waals surface area contributed by atoms with Crippen LogP contribution in [-0.4, -0.2) is 13.2 Å². The van der Waals surface area contributed by atoms with E-state index in [1.54, 1.807) is 19.1 Å². The summed E-state index contributed by atoms with van der Waals surface area (Å²) in [4.78, 5) is 0. The Hall–Kier alpha value is -2.76. The molecule has 2 aromatic carbocycles. The van der Waals surface area contributed by atoms with E-state index in [1.165, 1.54) is 24.3 Å². The van der Waals surface area contributed by atoms with Gasteiger partial charge in [0.05, 0.1) is 13.2 Å². The Morgan fingerprint density at radius 2 is 1.19 bits per heavy atom. The first-order chi connectivity index (χ1) is 15.5. The van der Waals surface area contributed by atoms with E-state index >= 15 is 0 Å². The third-order valence-electron chi connectivity index (χ3n) is 5.48. The summed E-state index contributed by atoms with van der Waals surface area (Å²) >= 11 is 0. The van der Waals surface area contributed by atoms with Gasteiger partial charge in [0.2, 0.25) is 11.6 Å². The molecule has 0 unspecified atom stereocenters. The van der Waals surface area contributed by atoms with Crippen molar-refractivity contribution in [2.24, 2.45) is 0 Å². The summed E-state index contributed by atoms with van der Waals surface area (Å²) in [5, 5.41) is 0. The minimum Gasteiger partial charge on any atom is -0.491 e. The minimum absolute atomic E-state index is 0.0951. The largest absolute Gasteiger partial charge is 0.491 e. The summed E-state index contributed by atoms with van der Waals surface area (Å²) in [7, 11) is 0. The van der Waals surface area contributed by atoms with Gasteiger partial charge in [0, 0.05) is 11.1 Å². The normalized spacial score (nSPS) is 13.6. The van der Waals surface area contributed by atoms with E-state index in [0.717, 1.165) is 25.7 Å². The van der Waals surface area contributed by atoms with Gasteiger partial charge in [0.25, 0.3) is 0 Å². The van der Waals surface area contributed by atoms with Crippen LogP contribution in [-0.2, 0) is 0 Å². The van der Waals surface area contributed by atoms with Gasteiger partial charge in [-0.25, -0.2) is 8.78 Å². The van der Waals surface area contributed by atoms with Crippen molar-refractivity contribution >= 4 is 11.1 Å². The molecule has 3 rings (SSSR count). The van der Waals surface area contributed by atoms with E-state index in [-0.39, 0.29) is 42.1 Å². The number of ether oxygens (including phenoxy) is 2. The van der Waals surface area contributed by atoms with Gasteiger partial charge in [-0.2, -0.15) is 8.78 Å². The highest BCUT2D eigenvalue weighted by Gasteiger charge is 2.21. The first-order valence-electron chi connectivity index (χ1n) is 11.1. The van der Waals surface area contributed by atoms with Crippen molar-refractivity contribution in [1.29, 1.82) is 0 Å². The molecule has 0 radical (unpaired) electrons. The topological polar surface area (TPSA) is 18.5 Å². The molecule has 0 saturated heterocycles. The summed E-state index contributed by atoms with van der Waals surface area (Å²) in [6.45, 7) is 4.36. The molecule has 2 nitrogen and oxygen atoms in total. The monoisotopic (exact) mass is 448 g/mol. The fourth-order valence-corrected chi connectivity index (χ4v) is 3.72. The van der Waals surface area contributed by atoms with Gasteiger partial charge in [0.15, 0.2) is 23.1 Å². The van der Waals surface area contributed by atoms with Crippen molar-refractivity contribution in [3.8, 4) is 11.5 Å². The maximum atomic E-state index is 14.7. The minimum atomic E-state index is -1.03. The highest BCUT2D eigenvalue weighted by molar-refractivity contribution is 5.78. The van der Waals surface area contributed by atoms with Gasteiger partial charge >= 0.3 is 0 Å². The Bertz CT molecular complexity index is 1010. The summed E-state index contributed by atoms with van der Waals surface area (Å²) in [6, 6.07) is 5.81. The van der Waals surface area contributed by atoms with Crippen molar-refractivity contribution in [3.63, 3.8) is 0 Å². The van der Waals surface area contributed by atoms with Gasteiger partial charge in [-0.05, 0) is 61.6 Å². The molecule has 0 spiro atoms. The summed E-state index contributed by atoms with van der Waals surface area (Å²) < 4.78 is 68.3. The number of allylic oxidation sites excluding steroid dienone is 4. The van der Waals surface area contributed by atoms with Crippen LogP contribution in [0.3, 0.4) is 0 Å². The molecule has 0 aromatic heterocycles. The van der Waals surface area contributed by atoms with Crippen molar-refractivity contribution in [1.82, 2.24) is 0 Å². The van der Waals surface area contributed by atoms with Crippen LogP contribution in [0.5, 0.6) is 11.5 Å². The van der Waals surface area contributed by atoms with Gasteiger partial charge in [-0.15, -0.1) is 0 Å². The van der Waals surface area contributed by atoms with Crippen molar-refractivity contribution in [2.45, 2.75) is 52.4 Å². The first kappa shape index (κ1) is 23.9. The van der Waals surface area contributed by atoms with Gasteiger partial charge < -0.3 is 9.47 Å². The number of rotatable bonds is 10. The molecule has 0 aliphatic heterocycles. The zero-order chi connectivity index (χ0) is 23.1. The molecular formula is C26H28F4O2. The van der Waals surface area contributed by atoms with Gasteiger partial charge in [0.1, 0.15) is 0 Å². The Balaban J connectivity index is 1.70. The highest BCUT2D eigenvalue weighted by atomic mass is 19.2. The third-order valence-corrected chi connectivity index (χ3v) is 5.48. The van der Waals surface area contributed by atoms with E-state index in [4.69, 9.17) is 9.47 Å². The Morgan fingerprint density at radius 1 is 0.656 bits per heavy atom. The standard InChI is InChI=1S/C26H28F4O2/c1-3-5-6-7-16-32-22-15-13-20(24(28)26(22)30)18-10-8-17(9-11-18)19-12-14-21(31-4-2)25(29)23(19)27/h8,11-15H,3-7,9-10,16H2,1-2H3. The van der Waals surface area contributed by atoms with E-state index < -0.39 is 23.3 Å². The molecule has 6 heteroatoms. The second kappa shape index (κ2) is 11.2. The van der Waals surface area contributed by atoms with Crippen molar-refractivity contribution < 1.29 is 27.0 Å². The lowest BCUT2D eigenvalue weighted by Gasteiger charge is -2.17. The third kappa shape index (κ3) is 5.34. The SMILES string of the molecule is CCCCCCOc1ccc(C2=CCC(c3ccc(OCC)c(F)c3F)=CC2)c(F)c1F. The Labute approximate surface area is 186 Å². The fourth-order valence-electron chi connectivity index (χ4n) is 3.72. The molecule has 0 atom stereocenters. The lowest BCUT2D eigenvalue weighted by atomic mass is 9.90. The summed E-state index contributed by atoms with van der Waals surface area (Å²) in [5.41, 5.74) is 1.46. The number of benzene rings is 2. The fraction of sp³-hybridized carbons (Fsp3) is 0.385. The number of hydrogen-bond acceptors (Lipinski definition) is 2. The Kier molecular flexibility index (Phi) is 8.37. The van der Waals surface area contributed by atoms with Gasteiger partial charge in [-0.1, -0.05) is 38.3 Å². The zero-order valence-corrected chi connectivity index (χ0v) is 18.4. The molecule has 0 amide bonds. The van der Waals surface area contributed by atoms with Crippen LogP contribution in [0, 0.1) is 23.3 Å². The van der Waals surface area contributed by atoms with Crippen LogP contribution >= 0.6 is 0 Å². The average molecular weight is 449 g/mol. The lowest BCUT2D eigenvalue weighted by Crippen LogP contribution is -2.04. The smallest absolute Gasteiger partial charge is 0.201 e. The van der Waals surface area contributed by atoms with Crippen molar-refractivity contribution in [3.05, 3.63) is 70.8 Å². The maximum Gasteiger partial charge on any atom is 0.201 e. The second-order valence-electron chi connectivity index (χ2n) is 7.69. The molecular weight excluding hydrogens is 420 g/mol. The first-order valence-corrected chi connectivity index (χ1v) is 11.1. The van der Waals surface area contributed by atoms with Crippen LogP contribution in [0.1, 0.15) is 63.5 Å². The van der Waals surface area contributed by atoms with E-state index in [2.05, 4.69) is 6.92 Å². The summed E-state index contributed by atoms with van der Waals surface area (Å²) in [5.74, 6) is -4.20. The molecule has 0 saturated carbocycles. The quantitative estimate of drug-likeness (QED) is 0.272. The van der Waals surface area contributed by atoms with Crippen LogP contribution in [0.25, 0.3) is 11.1 Å². The lowest BCUT2D eigenvalue weighted by molar-refractivity contribution is 0.285. The molecule has 0 bridgehead atoms. The molecule has 0 N–H and O–H groups in total. The number of hydrogen-bond donors (Lipinski definition) is 0. The molecule has 172 valence electrons. The zero-order valence-electron chi connectivity index (χ0n) is 18.4. The van der Waals surface area contributed by atoms with Gasteiger partial charge in [-0.3, -0.25) is 0 Å². The molecule has 0 fully saturated rings.